The van der Waals surface area contributed by atoms with E-state index >= 15 is 0 Å². The lowest BCUT2D eigenvalue weighted by Gasteiger charge is -2.30. The molecule has 19 heteroatoms. The van der Waals surface area contributed by atoms with Crippen LogP contribution in [-0.4, -0.2) is 120 Å². The van der Waals surface area contributed by atoms with Gasteiger partial charge in [0.15, 0.2) is 5.78 Å². The SMILES string of the molecule is C=N/C=C(\C=C/C)CN(CC(=O)CCCS)C(=O)C(CCCNC(N)=O)NC(=O)C(CCCNC(N)=O)NC(=O)CN(Cc1ccccc1)C(=O)CNCc1cccnc1. The maximum Gasteiger partial charge on any atom is 0.312 e. The van der Waals surface area contributed by atoms with Crippen molar-refractivity contribution < 1.29 is 33.6 Å². The van der Waals surface area contributed by atoms with Crippen LogP contribution >= 0.6 is 12.6 Å². The van der Waals surface area contributed by atoms with Crippen LogP contribution in [0.1, 0.15) is 56.6 Å². The Hall–Kier alpha value is -6.08. The summed E-state index contributed by atoms with van der Waals surface area (Å²) in [6, 6.07) is 8.74. The fourth-order valence-corrected chi connectivity index (χ4v) is 6.06. The smallest absolute Gasteiger partial charge is 0.312 e. The quantitative estimate of drug-likeness (QED) is 0.0254. The van der Waals surface area contributed by atoms with Crippen LogP contribution in [0.15, 0.2) is 83.8 Å². The number of thiol groups is 1. The van der Waals surface area contributed by atoms with Gasteiger partial charge in [-0.25, -0.2) is 9.59 Å². The Morgan fingerprint density at radius 1 is 0.850 bits per heavy atom. The van der Waals surface area contributed by atoms with E-state index in [0.717, 1.165) is 11.1 Å². The lowest BCUT2D eigenvalue weighted by Crippen LogP contribution is -2.56. The molecule has 0 aliphatic rings. The number of benzene rings is 1. The number of nitrogens with zero attached hydrogens (tertiary/aromatic N) is 4. The average Bonchev–Trinajstić information content (AvgIpc) is 3.22. The van der Waals surface area contributed by atoms with E-state index in [0.29, 0.717) is 24.3 Å². The minimum atomic E-state index is -1.24. The molecule has 0 spiro atoms. The number of primary amides is 2. The van der Waals surface area contributed by atoms with Crippen molar-refractivity contribution in [1.82, 2.24) is 41.4 Å². The summed E-state index contributed by atoms with van der Waals surface area (Å²) < 4.78 is 0. The second-order valence-electron chi connectivity index (χ2n) is 13.7. The topological polar surface area (TPSA) is 263 Å². The molecule has 2 unspecified atom stereocenters. The molecule has 326 valence electrons. The minimum absolute atomic E-state index is 0.00636. The number of allylic oxidation sites excluding steroid dienone is 1. The number of nitrogens with one attached hydrogen (secondary N) is 5. The summed E-state index contributed by atoms with van der Waals surface area (Å²) in [4.78, 5) is 102. The molecule has 0 saturated heterocycles. The number of aliphatic imine (C=N–C) groups is 1. The molecular weight excluding hydrogens is 791 g/mol. The third kappa shape index (κ3) is 21.1. The van der Waals surface area contributed by atoms with Gasteiger partial charge in [-0.3, -0.25) is 33.9 Å². The lowest BCUT2D eigenvalue weighted by atomic mass is 10.1. The molecule has 60 heavy (non-hydrogen) atoms. The van der Waals surface area contributed by atoms with Gasteiger partial charge in [0, 0.05) is 57.7 Å². The van der Waals surface area contributed by atoms with E-state index in [1.807, 2.05) is 36.4 Å². The highest BCUT2D eigenvalue weighted by Gasteiger charge is 2.31. The number of rotatable bonds is 29. The standard InChI is InChI=1S/C41H59N11O7S/c1-3-11-32(22-44-2)27-52(28-33(53)15-10-21-60)39(57)35(17-9-20-48-41(43)59)50-38(56)34(16-8-19-47-40(42)58)49-36(54)29-51(26-30-12-5-4-6-13-30)37(55)25-46-24-31-14-7-18-45-23-31/h3-7,11-14,18,22-23,34-35,46,60H,2,8-10,15-17,19-21,24-29H2,1H3,(H,49,54)(H,50,56)(H3,42,47,58)(H3,43,48,59)/b11-3-,32-22+. The molecule has 0 fully saturated rings. The number of carbonyl (C=O) groups is 7. The van der Waals surface area contributed by atoms with Gasteiger partial charge in [0.05, 0.1) is 19.6 Å². The second-order valence-corrected chi connectivity index (χ2v) is 14.1. The normalized spacial score (nSPS) is 12.1. The summed E-state index contributed by atoms with van der Waals surface area (Å²) in [7, 11) is 0. The Balaban J connectivity index is 2.40. The third-order valence-electron chi connectivity index (χ3n) is 8.74. The number of Topliss-reactive ketones (excluding diaryl/α,β-unsaturated/α-hetero) is 1. The highest BCUT2D eigenvalue weighted by atomic mass is 32.1. The number of nitrogens with two attached hydrogens (primary N) is 2. The minimum Gasteiger partial charge on any atom is -0.352 e. The fourth-order valence-electron chi connectivity index (χ4n) is 5.90. The molecule has 2 atom stereocenters. The zero-order valence-corrected chi connectivity index (χ0v) is 35.0. The Kier molecular flexibility index (Phi) is 24.3. The highest BCUT2D eigenvalue weighted by molar-refractivity contribution is 7.80. The Morgan fingerprint density at radius 3 is 2.12 bits per heavy atom. The molecule has 1 aromatic carbocycles. The molecule has 0 radical (unpaired) electrons. The van der Waals surface area contributed by atoms with Gasteiger partial charge in [-0.1, -0.05) is 48.6 Å². The average molecular weight is 850 g/mol. The van der Waals surface area contributed by atoms with Crippen LogP contribution in [0.4, 0.5) is 9.59 Å². The monoisotopic (exact) mass is 849 g/mol. The van der Waals surface area contributed by atoms with E-state index in [-0.39, 0.29) is 83.1 Å². The number of aromatic nitrogens is 1. The highest BCUT2D eigenvalue weighted by Crippen LogP contribution is 2.12. The third-order valence-corrected chi connectivity index (χ3v) is 9.06. The van der Waals surface area contributed by atoms with Crippen LogP contribution in [0.25, 0.3) is 0 Å². The summed E-state index contributed by atoms with van der Waals surface area (Å²) in [6.45, 7) is 5.10. The summed E-state index contributed by atoms with van der Waals surface area (Å²) in [5, 5.41) is 13.5. The largest absolute Gasteiger partial charge is 0.352 e. The van der Waals surface area contributed by atoms with Crippen molar-refractivity contribution in [3.05, 3.63) is 89.9 Å². The van der Waals surface area contributed by atoms with Crippen molar-refractivity contribution in [3.8, 4) is 0 Å². The van der Waals surface area contributed by atoms with Gasteiger partial charge in [0.2, 0.25) is 23.6 Å². The van der Waals surface area contributed by atoms with Crippen molar-refractivity contribution in [2.45, 2.75) is 70.6 Å². The molecule has 18 nitrogen and oxygen atoms in total. The first kappa shape index (κ1) is 50.1. The van der Waals surface area contributed by atoms with Crippen molar-refractivity contribution in [1.29, 1.82) is 0 Å². The van der Waals surface area contributed by atoms with Gasteiger partial charge in [0.25, 0.3) is 0 Å². The van der Waals surface area contributed by atoms with Gasteiger partial charge in [-0.2, -0.15) is 12.6 Å². The summed E-state index contributed by atoms with van der Waals surface area (Å²) >= 11 is 4.19. The van der Waals surface area contributed by atoms with E-state index in [1.54, 1.807) is 37.5 Å². The number of ketones is 1. The van der Waals surface area contributed by atoms with Crippen molar-refractivity contribution in [2.24, 2.45) is 16.5 Å². The number of carbonyl (C=O) groups excluding carboxylic acids is 7. The molecule has 1 aromatic heterocycles. The van der Waals surface area contributed by atoms with Crippen molar-refractivity contribution in [2.75, 3.05) is 45.0 Å². The van der Waals surface area contributed by atoms with E-state index in [2.05, 4.69) is 55.9 Å². The molecule has 2 rings (SSSR count). The lowest BCUT2D eigenvalue weighted by molar-refractivity contribution is -0.140. The van der Waals surface area contributed by atoms with Crippen LogP contribution in [0.2, 0.25) is 0 Å². The van der Waals surface area contributed by atoms with Crippen molar-refractivity contribution in [3.63, 3.8) is 0 Å². The number of amides is 8. The fraction of sp³-hybridized carbons (Fsp3) is 0.439. The summed E-state index contributed by atoms with van der Waals surface area (Å²) in [5.74, 6) is -2.11. The number of hydrogen-bond donors (Lipinski definition) is 8. The number of hydrogen-bond acceptors (Lipinski definition) is 11. The molecule has 9 N–H and O–H groups in total. The van der Waals surface area contributed by atoms with Crippen molar-refractivity contribution >= 4 is 60.8 Å². The molecule has 0 aliphatic carbocycles. The van der Waals surface area contributed by atoms with Gasteiger partial charge >= 0.3 is 12.1 Å². The number of urea groups is 2. The maximum absolute atomic E-state index is 14.3. The van der Waals surface area contributed by atoms with Gasteiger partial charge in [-0.15, -0.1) is 0 Å². The molecule has 1 heterocycles. The zero-order valence-electron chi connectivity index (χ0n) is 34.1. The van der Waals surface area contributed by atoms with E-state index in [4.69, 9.17) is 11.5 Å². The van der Waals surface area contributed by atoms with Gasteiger partial charge in [0.1, 0.15) is 12.1 Å². The van der Waals surface area contributed by atoms with Gasteiger partial charge < -0.3 is 47.9 Å². The van der Waals surface area contributed by atoms with Crippen LogP contribution in [0, 0.1) is 0 Å². The first-order valence-corrected chi connectivity index (χ1v) is 20.3. The first-order valence-electron chi connectivity index (χ1n) is 19.6. The first-order chi connectivity index (χ1) is 28.9. The Morgan fingerprint density at radius 2 is 1.52 bits per heavy atom. The van der Waals surface area contributed by atoms with E-state index in [1.165, 1.54) is 16.0 Å². The molecule has 2 aromatic rings. The van der Waals surface area contributed by atoms with Crippen LogP contribution < -0.4 is 38.1 Å². The Bertz CT molecular complexity index is 1760. The molecule has 0 aliphatic heterocycles. The van der Waals surface area contributed by atoms with Gasteiger partial charge in [-0.05, 0) is 74.3 Å². The number of pyridine rings is 1. The zero-order chi connectivity index (χ0) is 44.1. The van der Waals surface area contributed by atoms with E-state index in [9.17, 15) is 33.6 Å². The second kappa shape index (κ2) is 29.2. The molecular formula is C41H59N11O7S. The predicted molar refractivity (Wildman–Crippen MR) is 232 cm³/mol. The molecule has 8 amide bonds. The van der Waals surface area contributed by atoms with Crippen LogP contribution in [0.3, 0.4) is 0 Å². The molecule has 0 saturated carbocycles. The van der Waals surface area contributed by atoms with E-state index < -0.39 is 48.4 Å². The summed E-state index contributed by atoms with van der Waals surface area (Å²) in [5.41, 5.74) is 12.7. The van der Waals surface area contributed by atoms with Crippen LogP contribution in [0.5, 0.6) is 0 Å². The van der Waals surface area contributed by atoms with Crippen LogP contribution in [-0.2, 0) is 37.1 Å². The maximum atomic E-state index is 14.3. The Labute approximate surface area is 356 Å². The predicted octanol–water partition coefficient (Wildman–Crippen LogP) is 1.33. The molecule has 0 bridgehead atoms. The summed E-state index contributed by atoms with van der Waals surface area (Å²) in [6.07, 6.45) is 9.33.